The van der Waals surface area contributed by atoms with Crippen molar-refractivity contribution in [2.24, 2.45) is 0 Å². The van der Waals surface area contributed by atoms with E-state index in [9.17, 15) is 5.11 Å². The number of rotatable bonds is 5. The fourth-order valence-electron chi connectivity index (χ4n) is 1.45. The Morgan fingerprint density at radius 3 is 2.73 bits per heavy atom. The highest BCUT2D eigenvalue weighted by Gasteiger charge is 2.13. The van der Waals surface area contributed by atoms with E-state index in [1.807, 2.05) is 18.2 Å². The van der Waals surface area contributed by atoms with Crippen molar-refractivity contribution >= 4 is 11.8 Å². The molecule has 0 fully saturated rings. The van der Waals surface area contributed by atoms with Gasteiger partial charge >= 0.3 is 0 Å². The first-order valence-corrected chi connectivity index (χ1v) is 6.17. The Morgan fingerprint density at radius 2 is 2.20 bits per heavy atom. The van der Waals surface area contributed by atoms with Gasteiger partial charge in [-0.25, -0.2) is 0 Å². The maximum Gasteiger partial charge on any atom is 0.125 e. The van der Waals surface area contributed by atoms with E-state index in [2.05, 4.69) is 6.92 Å². The van der Waals surface area contributed by atoms with Gasteiger partial charge in [-0.05, 0) is 31.2 Å². The third-order valence-electron chi connectivity index (χ3n) is 2.13. The molecule has 0 saturated heterocycles. The van der Waals surface area contributed by atoms with E-state index in [1.54, 1.807) is 25.8 Å². The highest BCUT2D eigenvalue weighted by molar-refractivity contribution is 7.99. The molecular weight excluding hydrogens is 208 g/mol. The van der Waals surface area contributed by atoms with E-state index in [1.165, 1.54) is 0 Å². The van der Waals surface area contributed by atoms with Crippen molar-refractivity contribution in [2.45, 2.75) is 31.3 Å². The van der Waals surface area contributed by atoms with Crippen LogP contribution < -0.4 is 4.74 Å². The Morgan fingerprint density at radius 1 is 1.47 bits per heavy atom. The van der Waals surface area contributed by atoms with E-state index in [0.717, 1.165) is 28.4 Å². The van der Waals surface area contributed by atoms with Gasteiger partial charge in [0.1, 0.15) is 5.75 Å². The summed E-state index contributed by atoms with van der Waals surface area (Å²) in [6, 6.07) is 5.88. The van der Waals surface area contributed by atoms with Crippen molar-refractivity contribution in [3.63, 3.8) is 0 Å². The summed E-state index contributed by atoms with van der Waals surface area (Å²) in [4.78, 5) is 1.12. The second-order valence-corrected chi connectivity index (χ2v) is 4.53. The summed E-state index contributed by atoms with van der Waals surface area (Å²) >= 11 is 1.76. The molecule has 0 aliphatic heterocycles. The molecule has 1 aromatic rings. The van der Waals surface area contributed by atoms with Gasteiger partial charge in [-0.15, -0.1) is 11.8 Å². The number of aliphatic hydroxyl groups excluding tert-OH is 1. The molecule has 0 bridgehead atoms. The quantitative estimate of drug-likeness (QED) is 0.781. The summed E-state index contributed by atoms with van der Waals surface area (Å²) in [6.45, 7) is 3.92. The van der Waals surface area contributed by atoms with E-state index >= 15 is 0 Å². The van der Waals surface area contributed by atoms with Crippen LogP contribution in [0.4, 0.5) is 0 Å². The smallest absolute Gasteiger partial charge is 0.125 e. The standard InChI is InChI=1S/C12H18O2S/c1-4-8-15-11-7-5-6-10(14-3)12(11)9(2)13/h5-7,9,13H,4,8H2,1-3H3/t9-/m0/s1. The van der Waals surface area contributed by atoms with Gasteiger partial charge in [-0.3, -0.25) is 0 Å². The van der Waals surface area contributed by atoms with Crippen LogP contribution in [0.5, 0.6) is 5.75 Å². The summed E-state index contributed by atoms with van der Waals surface area (Å²) < 4.78 is 5.25. The maximum absolute atomic E-state index is 9.72. The minimum atomic E-state index is -0.486. The fourth-order valence-corrected chi connectivity index (χ4v) is 2.48. The molecule has 0 aromatic heterocycles. The maximum atomic E-state index is 9.72. The zero-order chi connectivity index (χ0) is 11.3. The van der Waals surface area contributed by atoms with Crippen molar-refractivity contribution in [2.75, 3.05) is 12.9 Å². The number of hydrogen-bond donors (Lipinski definition) is 1. The molecule has 0 radical (unpaired) electrons. The molecule has 1 rings (SSSR count). The molecule has 84 valence electrons. The van der Waals surface area contributed by atoms with Gasteiger partial charge in [0, 0.05) is 10.5 Å². The molecule has 2 nitrogen and oxygen atoms in total. The summed E-state index contributed by atoms with van der Waals surface area (Å²) in [6.07, 6.45) is 0.640. The lowest BCUT2D eigenvalue weighted by atomic mass is 10.1. The van der Waals surface area contributed by atoms with Crippen LogP contribution in [0.15, 0.2) is 23.1 Å². The Labute approximate surface area is 95.7 Å². The second kappa shape index (κ2) is 6.03. The molecule has 0 spiro atoms. The van der Waals surface area contributed by atoms with E-state index in [4.69, 9.17) is 4.74 Å². The van der Waals surface area contributed by atoms with Crippen molar-refractivity contribution in [1.29, 1.82) is 0 Å². The first-order valence-electron chi connectivity index (χ1n) is 5.18. The van der Waals surface area contributed by atoms with Crippen molar-refractivity contribution in [1.82, 2.24) is 0 Å². The number of ether oxygens (including phenoxy) is 1. The predicted molar refractivity (Wildman–Crippen MR) is 64.6 cm³/mol. The molecule has 0 unspecified atom stereocenters. The van der Waals surface area contributed by atoms with Crippen molar-refractivity contribution in [3.8, 4) is 5.75 Å². The summed E-state index contributed by atoms with van der Waals surface area (Å²) in [5.74, 6) is 1.83. The predicted octanol–water partition coefficient (Wildman–Crippen LogP) is 3.25. The molecule has 0 aliphatic carbocycles. The van der Waals surface area contributed by atoms with Gasteiger partial charge < -0.3 is 9.84 Å². The van der Waals surface area contributed by atoms with Crippen molar-refractivity contribution in [3.05, 3.63) is 23.8 Å². The van der Waals surface area contributed by atoms with E-state index in [-0.39, 0.29) is 0 Å². The minimum Gasteiger partial charge on any atom is -0.496 e. The topological polar surface area (TPSA) is 29.5 Å². The van der Waals surface area contributed by atoms with Crippen LogP contribution in [0.2, 0.25) is 0 Å². The molecule has 1 aromatic carbocycles. The first kappa shape index (κ1) is 12.4. The lowest BCUT2D eigenvalue weighted by molar-refractivity contribution is 0.191. The van der Waals surface area contributed by atoms with Crippen LogP contribution >= 0.6 is 11.8 Å². The van der Waals surface area contributed by atoms with Gasteiger partial charge in [0.2, 0.25) is 0 Å². The van der Waals surface area contributed by atoms with Gasteiger partial charge in [-0.2, -0.15) is 0 Å². The zero-order valence-corrected chi connectivity index (χ0v) is 10.3. The Bertz CT molecular complexity index is 310. The highest BCUT2D eigenvalue weighted by Crippen LogP contribution is 2.34. The lowest BCUT2D eigenvalue weighted by Crippen LogP contribution is -1.99. The third kappa shape index (κ3) is 3.14. The average Bonchev–Trinajstić information content (AvgIpc) is 2.25. The van der Waals surface area contributed by atoms with E-state index in [0.29, 0.717) is 0 Å². The number of benzene rings is 1. The number of hydrogen-bond acceptors (Lipinski definition) is 3. The Balaban J connectivity index is 3.02. The fraction of sp³-hybridized carbons (Fsp3) is 0.500. The summed E-state index contributed by atoms with van der Waals surface area (Å²) in [5, 5.41) is 9.72. The molecule has 0 amide bonds. The number of methoxy groups -OCH3 is 1. The lowest BCUT2D eigenvalue weighted by Gasteiger charge is -2.15. The third-order valence-corrected chi connectivity index (χ3v) is 3.40. The molecule has 0 aliphatic rings. The Hall–Kier alpha value is -0.670. The molecule has 1 N–H and O–H groups in total. The number of thioether (sulfide) groups is 1. The van der Waals surface area contributed by atoms with Crippen LogP contribution in [0.25, 0.3) is 0 Å². The molecule has 1 atom stereocenters. The highest BCUT2D eigenvalue weighted by atomic mass is 32.2. The van der Waals surface area contributed by atoms with Gasteiger partial charge in [0.25, 0.3) is 0 Å². The normalized spacial score (nSPS) is 12.5. The molecule has 0 saturated carbocycles. The SMILES string of the molecule is CCCSc1cccc(OC)c1[C@H](C)O. The average molecular weight is 226 g/mol. The zero-order valence-electron chi connectivity index (χ0n) is 9.49. The van der Waals surface area contributed by atoms with Crippen LogP contribution in [-0.4, -0.2) is 18.0 Å². The Kier molecular flexibility index (Phi) is 4.99. The van der Waals surface area contributed by atoms with E-state index < -0.39 is 6.10 Å². The number of aliphatic hydroxyl groups is 1. The van der Waals surface area contributed by atoms with Crippen LogP contribution in [0.3, 0.4) is 0 Å². The largest absolute Gasteiger partial charge is 0.496 e. The van der Waals surface area contributed by atoms with Crippen LogP contribution in [0.1, 0.15) is 31.9 Å². The van der Waals surface area contributed by atoms with Crippen LogP contribution in [0, 0.1) is 0 Å². The first-order chi connectivity index (χ1) is 7.20. The van der Waals surface area contributed by atoms with Gasteiger partial charge in [0.05, 0.1) is 13.2 Å². The molecule has 15 heavy (non-hydrogen) atoms. The summed E-state index contributed by atoms with van der Waals surface area (Å²) in [7, 11) is 1.63. The molecule has 3 heteroatoms. The van der Waals surface area contributed by atoms with Crippen LogP contribution in [-0.2, 0) is 0 Å². The molecule has 0 heterocycles. The van der Waals surface area contributed by atoms with Crippen molar-refractivity contribution < 1.29 is 9.84 Å². The second-order valence-electron chi connectivity index (χ2n) is 3.40. The minimum absolute atomic E-state index is 0.486. The summed E-state index contributed by atoms with van der Waals surface area (Å²) in [5.41, 5.74) is 0.901. The monoisotopic (exact) mass is 226 g/mol. The molecular formula is C12H18O2S. The van der Waals surface area contributed by atoms with Gasteiger partial charge in [0.15, 0.2) is 0 Å². The van der Waals surface area contributed by atoms with Gasteiger partial charge in [-0.1, -0.05) is 13.0 Å².